The third-order valence-corrected chi connectivity index (χ3v) is 3.42. The van der Waals surface area contributed by atoms with Crippen molar-refractivity contribution in [3.63, 3.8) is 0 Å². The number of para-hydroxylation sites is 1. The molecule has 0 aliphatic heterocycles. The van der Waals surface area contributed by atoms with Crippen LogP contribution < -0.4 is 5.73 Å². The molecule has 0 atom stereocenters. The van der Waals surface area contributed by atoms with Crippen LogP contribution in [0.5, 0.6) is 0 Å². The van der Waals surface area contributed by atoms with Gasteiger partial charge in [-0.2, -0.15) is 0 Å². The average molecular weight is 216 g/mol. The van der Waals surface area contributed by atoms with Crippen molar-refractivity contribution < 1.29 is 0 Å². The standard InChI is InChI=1S/C10H14ClNS/c1-7(2)6-13-9-5-3-4-8(11)10(9)12/h3-5,7H,6,12H2,1-2H3. The lowest BCUT2D eigenvalue weighted by molar-refractivity contribution is 0.750. The maximum Gasteiger partial charge on any atom is 0.0646 e. The minimum atomic E-state index is 0.647. The maximum absolute atomic E-state index is 5.89. The van der Waals surface area contributed by atoms with Gasteiger partial charge in [0.2, 0.25) is 0 Å². The molecule has 1 nitrogen and oxygen atoms in total. The molecule has 13 heavy (non-hydrogen) atoms. The largest absolute Gasteiger partial charge is 0.397 e. The highest BCUT2D eigenvalue weighted by molar-refractivity contribution is 7.99. The van der Waals surface area contributed by atoms with Gasteiger partial charge in [-0.25, -0.2) is 0 Å². The second-order valence-corrected chi connectivity index (χ2v) is 4.83. The molecule has 0 aliphatic rings. The highest BCUT2D eigenvalue weighted by Gasteiger charge is 2.04. The molecule has 0 saturated heterocycles. The highest BCUT2D eigenvalue weighted by atomic mass is 35.5. The van der Waals surface area contributed by atoms with Crippen molar-refractivity contribution in [3.05, 3.63) is 23.2 Å². The van der Waals surface area contributed by atoms with Crippen molar-refractivity contribution in [2.45, 2.75) is 18.7 Å². The predicted octanol–water partition coefficient (Wildman–Crippen LogP) is 3.67. The van der Waals surface area contributed by atoms with Crippen molar-refractivity contribution in [1.29, 1.82) is 0 Å². The van der Waals surface area contributed by atoms with E-state index in [1.165, 1.54) is 0 Å². The lowest BCUT2D eigenvalue weighted by Gasteiger charge is -2.08. The molecule has 0 aromatic heterocycles. The van der Waals surface area contributed by atoms with Crippen LogP contribution in [0.2, 0.25) is 5.02 Å². The summed E-state index contributed by atoms with van der Waals surface area (Å²) in [5, 5.41) is 0.647. The Morgan fingerprint density at radius 3 is 2.77 bits per heavy atom. The zero-order chi connectivity index (χ0) is 9.84. The van der Waals surface area contributed by atoms with Crippen molar-refractivity contribution in [1.82, 2.24) is 0 Å². The molecule has 0 unspecified atom stereocenters. The Balaban J connectivity index is 2.71. The van der Waals surface area contributed by atoms with E-state index < -0.39 is 0 Å². The van der Waals surface area contributed by atoms with Crippen molar-refractivity contribution in [2.24, 2.45) is 5.92 Å². The van der Waals surface area contributed by atoms with Crippen LogP contribution in [-0.2, 0) is 0 Å². The summed E-state index contributed by atoms with van der Waals surface area (Å²) >= 11 is 7.65. The Morgan fingerprint density at radius 2 is 2.15 bits per heavy atom. The smallest absolute Gasteiger partial charge is 0.0646 e. The fraction of sp³-hybridized carbons (Fsp3) is 0.400. The molecule has 0 radical (unpaired) electrons. The Bertz CT molecular complexity index is 286. The summed E-state index contributed by atoms with van der Waals surface area (Å²) in [5.41, 5.74) is 6.52. The number of nitrogen functional groups attached to an aromatic ring is 1. The van der Waals surface area contributed by atoms with Gasteiger partial charge in [-0.3, -0.25) is 0 Å². The minimum absolute atomic E-state index is 0.647. The number of benzene rings is 1. The summed E-state index contributed by atoms with van der Waals surface area (Å²) in [7, 11) is 0. The average Bonchev–Trinajstić information content (AvgIpc) is 2.07. The summed E-state index contributed by atoms with van der Waals surface area (Å²) in [4.78, 5) is 1.08. The number of thioether (sulfide) groups is 1. The fourth-order valence-electron chi connectivity index (χ4n) is 0.900. The van der Waals surface area contributed by atoms with E-state index in [1.54, 1.807) is 11.8 Å². The summed E-state index contributed by atoms with van der Waals surface area (Å²) in [5.74, 6) is 1.74. The second kappa shape index (κ2) is 4.77. The van der Waals surface area contributed by atoms with Crippen molar-refractivity contribution in [2.75, 3.05) is 11.5 Å². The monoisotopic (exact) mass is 215 g/mol. The van der Waals surface area contributed by atoms with Gasteiger partial charge >= 0.3 is 0 Å². The topological polar surface area (TPSA) is 26.0 Å². The molecule has 0 aliphatic carbocycles. The second-order valence-electron chi connectivity index (χ2n) is 3.36. The van der Waals surface area contributed by atoms with E-state index in [1.807, 2.05) is 18.2 Å². The minimum Gasteiger partial charge on any atom is -0.397 e. The van der Waals surface area contributed by atoms with Gasteiger partial charge < -0.3 is 5.73 Å². The van der Waals surface area contributed by atoms with E-state index >= 15 is 0 Å². The lowest BCUT2D eigenvalue weighted by Crippen LogP contribution is -1.94. The quantitative estimate of drug-likeness (QED) is 0.615. The first-order valence-electron chi connectivity index (χ1n) is 4.28. The van der Waals surface area contributed by atoms with Gasteiger partial charge in [-0.1, -0.05) is 31.5 Å². The van der Waals surface area contributed by atoms with Gasteiger partial charge in [0.25, 0.3) is 0 Å². The first-order chi connectivity index (χ1) is 6.11. The normalized spacial score (nSPS) is 10.8. The van der Waals surface area contributed by atoms with Crippen molar-refractivity contribution in [3.8, 4) is 0 Å². The number of hydrogen-bond acceptors (Lipinski definition) is 2. The Labute approximate surface area is 88.7 Å². The van der Waals surface area contributed by atoms with E-state index in [2.05, 4.69) is 13.8 Å². The molecule has 72 valence electrons. The van der Waals surface area contributed by atoms with E-state index in [-0.39, 0.29) is 0 Å². The molecule has 0 heterocycles. The van der Waals surface area contributed by atoms with Gasteiger partial charge in [0.1, 0.15) is 0 Å². The summed E-state index contributed by atoms with van der Waals surface area (Å²) < 4.78 is 0. The zero-order valence-electron chi connectivity index (χ0n) is 7.88. The third kappa shape index (κ3) is 3.12. The molecule has 1 aromatic carbocycles. The Kier molecular flexibility index (Phi) is 3.94. The molecule has 0 bridgehead atoms. The predicted molar refractivity (Wildman–Crippen MR) is 61.4 cm³/mol. The molecule has 2 N–H and O–H groups in total. The Hall–Kier alpha value is -0.340. The Morgan fingerprint density at radius 1 is 1.46 bits per heavy atom. The van der Waals surface area contributed by atoms with Crippen LogP contribution in [0.3, 0.4) is 0 Å². The summed E-state index contributed by atoms with van der Waals surface area (Å²) in [6.45, 7) is 4.38. The first kappa shape index (κ1) is 10.7. The molecule has 0 amide bonds. The highest BCUT2D eigenvalue weighted by Crippen LogP contribution is 2.31. The van der Waals surface area contributed by atoms with E-state index in [0.717, 1.165) is 10.6 Å². The molecular weight excluding hydrogens is 202 g/mol. The zero-order valence-corrected chi connectivity index (χ0v) is 9.45. The molecular formula is C10H14ClNS. The number of anilines is 1. The molecule has 1 rings (SSSR count). The number of nitrogens with two attached hydrogens (primary N) is 1. The van der Waals surface area contributed by atoms with Gasteiger partial charge in [-0.15, -0.1) is 11.8 Å². The molecule has 3 heteroatoms. The van der Waals surface area contributed by atoms with Crippen LogP contribution in [0.15, 0.2) is 23.1 Å². The molecule has 0 spiro atoms. The first-order valence-corrected chi connectivity index (χ1v) is 5.64. The lowest BCUT2D eigenvalue weighted by atomic mass is 10.3. The van der Waals surface area contributed by atoms with Crippen LogP contribution in [0.4, 0.5) is 5.69 Å². The van der Waals surface area contributed by atoms with Crippen LogP contribution in [0, 0.1) is 5.92 Å². The van der Waals surface area contributed by atoms with Crippen molar-refractivity contribution >= 4 is 29.1 Å². The van der Waals surface area contributed by atoms with E-state index in [9.17, 15) is 0 Å². The van der Waals surface area contributed by atoms with Crippen LogP contribution in [0.25, 0.3) is 0 Å². The summed E-state index contributed by atoms with van der Waals surface area (Å²) in [6, 6.07) is 5.76. The van der Waals surface area contributed by atoms with E-state index in [4.69, 9.17) is 17.3 Å². The maximum atomic E-state index is 5.89. The van der Waals surface area contributed by atoms with Gasteiger partial charge in [0.15, 0.2) is 0 Å². The van der Waals surface area contributed by atoms with Crippen LogP contribution >= 0.6 is 23.4 Å². The molecule has 0 saturated carbocycles. The number of rotatable bonds is 3. The SMILES string of the molecule is CC(C)CSc1cccc(Cl)c1N. The molecule has 1 aromatic rings. The van der Waals surface area contributed by atoms with Crippen LogP contribution in [-0.4, -0.2) is 5.75 Å². The van der Waals surface area contributed by atoms with Gasteiger partial charge in [-0.05, 0) is 18.1 Å². The van der Waals surface area contributed by atoms with Gasteiger partial charge in [0.05, 0.1) is 10.7 Å². The number of halogens is 1. The van der Waals surface area contributed by atoms with E-state index in [0.29, 0.717) is 16.6 Å². The van der Waals surface area contributed by atoms with Crippen LogP contribution in [0.1, 0.15) is 13.8 Å². The number of hydrogen-bond donors (Lipinski definition) is 1. The fourth-order valence-corrected chi connectivity index (χ4v) is 2.08. The molecule has 0 fully saturated rings. The third-order valence-electron chi connectivity index (χ3n) is 1.59. The summed E-state index contributed by atoms with van der Waals surface area (Å²) in [6.07, 6.45) is 0. The van der Waals surface area contributed by atoms with Gasteiger partial charge in [0, 0.05) is 10.6 Å².